The number of para-hydroxylation sites is 1. The second kappa shape index (κ2) is 6.77. The van der Waals surface area contributed by atoms with Gasteiger partial charge in [-0.05, 0) is 25.0 Å². The Labute approximate surface area is 166 Å². The van der Waals surface area contributed by atoms with Crippen molar-refractivity contribution >= 4 is 28.3 Å². The molecule has 3 aromatic heterocycles. The van der Waals surface area contributed by atoms with Crippen molar-refractivity contribution in [1.82, 2.24) is 29.5 Å². The number of anilines is 1. The lowest BCUT2D eigenvalue weighted by atomic mass is 9.96. The number of ether oxygens (including phenoxy) is 1. The number of H-pyrrole nitrogens is 1. The number of hydrogen-bond acceptors (Lipinski definition) is 6. The van der Waals surface area contributed by atoms with Gasteiger partial charge in [-0.2, -0.15) is 5.10 Å². The molecular weight excluding hydrogens is 370 g/mol. The molecule has 0 radical (unpaired) electrons. The lowest BCUT2D eigenvalue weighted by Gasteiger charge is -2.30. The first kappa shape index (κ1) is 17.5. The van der Waals surface area contributed by atoms with E-state index in [1.54, 1.807) is 9.42 Å². The van der Waals surface area contributed by atoms with Crippen molar-refractivity contribution in [3.8, 4) is 11.4 Å². The number of aromatic nitrogens is 5. The van der Waals surface area contributed by atoms with Crippen LogP contribution >= 0.6 is 0 Å². The van der Waals surface area contributed by atoms with Crippen LogP contribution in [0, 0.1) is 0 Å². The number of benzene rings is 1. The van der Waals surface area contributed by atoms with E-state index >= 15 is 0 Å². The van der Waals surface area contributed by atoms with Gasteiger partial charge in [0.1, 0.15) is 23.4 Å². The molecule has 0 atom stereocenters. The molecule has 0 spiro atoms. The quantitative estimate of drug-likeness (QED) is 0.543. The van der Waals surface area contributed by atoms with Crippen molar-refractivity contribution in [3.05, 3.63) is 42.5 Å². The number of nitrogens with one attached hydrogen (secondary N) is 1. The monoisotopic (exact) mass is 391 g/mol. The smallest absolute Gasteiger partial charge is 0.409 e. The summed E-state index contributed by atoms with van der Waals surface area (Å²) in [6.45, 7) is 1.24. The molecule has 0 aliphatic carbocycles. The van der Waals surface area contributed by atoms with E-state index < -0.39 is 0 Å². The van der Waals surface area contributed by atoms with Crippen LogP contribution in [0.2, 0.25) is 0 Å². The average molecular weight is 391 g/mol. The SMILES string of the molecule is COC(=O)N1CCC(c2nc(-c3cc4ccccc4[nH]3)c3c(N)ncnn23)CC1. The standard InChI is InChI=1S/C20H21N7O2/c1-29-20(28)26-8-6-12(7-9-26)19-25-16(17-18(21)22-11-23-27(17)19)15-10-13-4-2-3-5-14(13)24-15/h2-5,10-12,24H,6-9H2,1H3,(H2,21,22,23). The van der Waals surface area contributed by atoms with E-state index in [4.69, 9.17) is 15.5 Å². The fraction of sp³-hybridized carbons (Fsp3) is 0.300. The lowest BCUT2D eigenvalue weighted by Crippen LogP contribution is -2.38. The molecular formula is C20H21N7O2. The molecule has 5 rings (SSSR count). The van der Waals surface area contributed by atoms with Crippen LogP contribution in [0.3, 0.4) is 0 Å². The Bertz CT molecular complexity index is 1170. The first-order valence-electron chi connectivity index (χ1n) is 9.56. The minimum absolute atomic E-state index is 0.163. The zero-order chi connectivity index (χ0) is 20.0. The first-order valence-corrected chi connectivity index (χ1v) is 9.56. The van der Waals surface area contributed by atoms with Crippen LogP contribution in [0.4, 0.5) is 10.6 Å². The number of imidazole rings is 1. The third-order valence-electron chi connectivity index (χ3n) is 5.56. The van der Waals surface area contributed by atoms with E-state index in [0.717, 1.165) is 41.0 Å². The number of aromatic amines is 1. The number of amides is 1. The summed E-state index contributed by atoms with van der Waals surface area (Å²) in [6.07, 6.45) is 2.72. The number of nitrogens with two attached hydrogens (primary N) is 1. The molecule has 0 bridgehead atoms. The molecule has 1 fully saturated rings. The molecule has 1 aliphatic heterocycles. The number of piperidine rings is 1. The number of nitrogen functional groups attached to an aromatic ring is 1. The molecule has 29 heavy (non-hydrogen) atoms. The van der Waals surface area contributed by atoms with E-state index in [0.29, 0.717) is 24.4 Å². The topological polar surface area (TPSA) is 114 Å². The molecule has 0 saturated carbocycles. The summed E-state index contributed by atoms with van der Waals surface area (Å²) < 4.78 is 6.63. The minimum Gasteiger partial charge on any atom is -0.453 e. The molecule has 4 heterocycles. The highest BCUT2D eigenvalue weighted by molar-refractivity contribution is 5.91. The van der Waals surface area contributed by atoms with Gasteiger partial charge in [-0.3, -0.25) is 0 Å². The summed E-state index contributed by atoms with van der Waals surface area (Å²) in [4.78, 5) is 26.0. The minimum atomic E-state index is -0.290. The van der Waals surface area contributed by atoms with Gasteiger partial charge in [-0.25, -0.2) is 19.3 Å². The summed E-state index contributed by atoms with van der Waals surface area (Å²) in [5.74, 6) is 1.39. The molecule has 1 saturated heterocycles. The van der Waals surface area contributed by atoms with Crippen molar-refractivity contribution < 1.29 is 9.53 Å². The molecule has 9 nitrogen and oxygen atoms in total. The Hall–Kier alpha value is -3.62. The van der Waals surface area contributed by atoms with Gasteiger partial charge in [0.2, 0.25) is 0 Å². The lowest BCUT2D eigenvalue weighted by molar-refractivity contribution is 0.111. The normalized spacial score (nSPS) is 15.3. The number of fused-ring (bicyclic) bond motifs is 2. The van der Waals surface area contributed by atoms with Gasteiger partial charge in [0.05, 0.1) is 12.8 Å². The van der Waals surface area contributed by atoms with E-state index in [2.05, 4.69) is 27.2 Å². The Balaban J connectivity index is 1.57. The number of methoxy groups -OCH3 is 1. The van der Waals surface area contributed by atoms with Crippen LogP contribution in [-0.4, -0.2) is 55.8 Å². The zero-order valence-corrected chi connectivity index (χ0v) is 16.0. The van der Waals surface area contributed by atoms with Crippen molar-refractivity contribution in [2.75, 3.05) is 25.9 Å². The fourth-order valence-electron chi connectivity index (χ4n) is 4.08. The van der Waals surface area contributed by atoms with Gasteiger partial charge in [0.15, 0.2) is 5.82 Å². The number of likely N-dealkylation sites (tertiary alicyclic amines) is 1. The van der Waals surface area contributed by atoms with Crippen molar-refractivity contribution in [2.24, 2.45) is 0 Å². The van der Waals surface area contributed by atoms with Gasteiger partial charge in [-0.1, -0.05) is 18.2 Å². The van der Waals surface area contributed by atoms with Gasteiger partial charge in [0.25, 0.3) is 0 Å². The third-order valence-corrected chi connectivity index (χ3v) is 5.56. The molecule has 4 aromatic rings. The maximum absolute atomic E-state index is 11.8. The Morgan fingerprint density at radius 3 is 2.83 bits per heavy atom. The average Bonchev–Trinajstić information content (AvgIpc) is 3.35. The maximum atomic E-state index is 11.8. The summed E-state index contributed by atoms with van der Waals surface area (Å²) in [5, 5.41) is 5.54. The molecule has 9 heteroatoms. The highest BCUT2D eigenvalue weighted by Crippen LogP contribution is 2.34. The number of hydrogen-bond donors (Lipinski definition) is 2. The molecule has 1 amide bonds. The van der Waals surface area contributed by atoms with E-state index in [1.807, 2.05) is 18.2 Å². The molecule has 0 unspecified atom stereocenters. The summed E-state index contributed by atoms with van der Waals surface area (Å²) in [6, 6.07) is 10.1. The van der Waals surface area contributed by atoms with Gasteiger partial charge >= 0.3 is 6.09 Å². The number of carbonyl (C=O) groups excluding carboxylic acids is 1. The Morgan fingerprint density at radius 2 is 2.07 bits per heavy atom. The Kier molecular flexibility index (Phi) is 4.08. The molecule has 148 valence electrons. The second-order valence-electron chi connectivity index (χ2n) is 7.23. The first-order chi connectivity index (χ1) is 14.2. The molecule has 1 aromatic carbocycles. The van der Waals surface area contributed by atoms with Crippen LogP contribution in [0.5, 0.6) is 0 Å². The summed E-state index contributed by atoms with van der Waals surface area (Å²) in [7, 11) is 1.41. The highest BCUT2D eigenvalue weighted by Gasteiger charge is 2.29. The van der Waals surface area contributed by atoms with Crippen molar-refractivity contribution in [1.29, 1.82) is 0 Å². The summed E-state index contributed by atoms with van der Waals surface area (Å²) in [5.41, 5.74) is 9.57. The second-order valence-corrected chi connectivity index (χ2v) is 7.23. The Morgan fingerprint density at radius 1 is 1.28 bits per heavy atom. The largest absolute Gasteiger partial charge is 0.453 e. The maximum Gasteiger partial charge on any atom is 0.409 e. The van der Waals surface area contributed by atoms with Crippen LogP contribution in [0.15, 0.2) is 36.7 Å². The van der Waals surface area contributed by atoms with Gasteiger partial charge in [-0.15, -0.1) is 0 Å². The third kappa shape index (κ3) is 2.86. The number of carbonyl (C=O) groups is 1. The van der Waals surface area contributed by atoms with E-state index in [1.165, 1.54) is 13.4 Å². The number of nitrogens with zero attached hydrogens (tertiary/aromatic N) is 5. The van der Waals surface area contributed by atoms with Crippen molar-refractivity contribution in [3.63, 3.8) is 0 Å². The highest BCUT2D eigenvalue weighted by atomic mass is 16.5. The number of rotatable bonds is 2. The van der Waals surface area contributed by atoms with E-state index in [9.17, 15) is 4.79 Å². The van der Waals surface area contributed by atoms with Crippen LogP contribution in [0.25, 0.3) is 27.8 Å². The van der Waals surface area contributed by atoms with Crippen molar-refractivity contribution in [2.45, 2.75) is 18.8 Å². The predicted molar refractivity (Wildman–Crippen MR) is 108 cm³/mol. The van der Waals surface area contributed by atoms with Crippen LogP contribution in [-0.2, 0) is 4.74 Å². The molecule has 3 N–H and O–H groups in total. The fourth-order valence-corrected chi connectivity index (χ4v) is 4.08. The van der Waals surface area contributed by atoms with Gasteiger partial charge < -0.3 is 20.4 Å². The zero-order valence-electron chi connectivity index (χ0n) is 16.0. The summed E-state index contributed by atoms with van der Waals surface area (Å²) >= 11 is 0. The van der Waals surface area contributed by atoms with Gasteiger partial charge in [0, 0.05) is 29.9 Å². The van der Waals surface area contributed by atoms with Crippen LogP contribution < -0.4 is 5.73 Å². The van der Waals surface area contributed by atoms with E-state index in [-0.39, 0.29) is 12.0 Å². The predicted octanol–water partition coefficient (Wildman–Crippen LogP) is 2.80. The molecule has 1 aliphatic rings. The van der Waals surface area contributed by atoms with Crippen LogP contribution in [0.1, 0.15) is 24.6 Å².